The lowest BCUT2D eigenvalue weighted by Crippen LogP contribution is -2.28. The first-order chi connectivity index (χ1) is 13.6. The Balaban J connectivity index is 1.38. The Bertz CT molecular complexity index is 1010. The van der Waals surface area contributed by atoms with Gasteiger partial charge in [0.25, 0.3) is 5.91 Å². The normalized spacial score (nSPS) is 15.8. The molecule has 28 heavy (non-hydrogen) atoms. The number of carbonyl (C=O) groups excluding carboxylic acids is 2. The second-order valence-electron chi connectivity index (χ2n) is 7.53. The first-order valence-electron chi connectivity index (χ1n) is 9.71. The maximum Gasteiger partial charge on any atom is 0.338 e. The van der Waals surface area contributed by atoms with Gasteiger partial charge >= 0.3 is 5.97 Å². The Morgan fingerprint density at radius 1 is 1.18 bits per heavy atom. The van der Waals surface area contributed by atoms with Gasteiger partial charge in [-0.1, -0.05) is 37.3 Å². The lowest BCUT2D eigenvalue weighted by molar-refractivity contribution is -0.124. The molecule has 0 aliphatic heterocycles. The van der Waals surface area contributed by atoms with Crippen LogP contribution in [0, 0.1) is 5.92 Å². The van der Waals surface area contributed by atoms with Crippen LogP contribution in [0.25, 0.3) is 10.9 Å². The van der Waals surface area contributed by atoms with Crippen LogP contribution in [-0.2, 0) is 28.9 Å². The Labute approximate surface area is 164 Å². The lowest BCUT2D eigenvalue weighted by atomic mass is 9.87. The summed E-state index contributed by atoms with van der Waals surface area (Å²) in [4.78, 5) is 27.8. The second-order valence-corrected chi connectivity index (χ2v) is 7.53. The molecule has 5 nitrogen and oxygen atoms in total. The zero-order valence-corrected chi connectivity index (χ0v) is 16.0. The van der Waals surface area contributed by atoms with Crippen LogP contribution < -0.4 is 5.32 Å². The summed E-state index contributed by atoms with van der Waals surface area (Å²) in [5, 5.41) is 3.84. The Morgan fingerprint density at radius 3 is 2.82 bits per heavy atom. The molecule has 0 bridgehead atoms. The minimum absolute atomic E-state index is 0.286. The molecule has 3 aromatic rings. The zero-order chi connectivity index (χ0) is 19.5. The van der Waals surface area contributed by atoms with E-state index in [-0.39, 0.29) is 12.5 Å². The minimum Gasteiger partial charge on any atom is -0.452 e. The first kappa shape index (κ1) is 18.3. The number of aromatic amines is 1. The number of hydrogen-bond donors (Lipinski definition) is 2. The van der Waals surface area contributed by atoms with Gasteiger partial charge in [-0.05, 0) is 54.5 Å². The SMILES string of the molecule is C[C@@H]1CCc2[nH]c3ccc(C(=O)OCC(=O)NCc4ccccc4)cc3c2C1. The fraction of sp³-hybridized carbons (Fsp3) is 0.304. The van der Waals surface area contributed by atoms with Crippen molar-refractivity contribution in [3.05, 3.63) is 70.9 Å². The van der Waals surface area contributed by atoms with E-state index in [2.05, 4.69) is 17.2 Å². The number of H-pyrrole nitrogens is 1. The lowest BCUT2D eigenvalue weighted by Gasteiger charge is -2.18. The highest BCUT2D eigenvalue weighted by Gasteiger charge is 2.21. The molecule has 1 aliphatic carbocycles. The van der Waals surface area contributed by atoms with Crippen LogP contribution in [0.3, 0.4) is 0 Å². The third-order valence-corrected chi connectivity index (χ3v) is 5.34. The van der Waals surface area contributed by atoms with E-state index in [1.165, 1.54) is 17.7 Å². The summed E-state index contributed by atoms with van der Waals surface area (Å²) in [5.41, 5.74) is 5.11. The summed E-state index contributed by atoms with van der Waals surface area (Å²) < 4.78 is 5.21. The van der Waals surface area contributed by atoms with Crippen LogP contribution in [0.5, 0.6) is 0 Å². The summed E-state index contributed by atoms with van der Waals surface area (Å²) in [7, 11) is 0. The quantitative estimate of drug-likeness (QED) is 0.666. The molecule has 1 heterocycles. The maximum atomic E-state index is 12.4. The van der Waals surface area contributed by atoms with Crippen molar-refractivity contribution < 1.29 is 14.3 Å². The highest BCUT2D eigenvalue weighted by molar-refractivity contribution is 5.97. The molecule has 0 spiro atoms. The van der Waals surface area contributed by atoms with Crippen LogP contribution in [0.1, 0.15) is 40.5 Å². The molecule has 0 saturated carbocycles. The van der Waals surface area contributed by atoms with Crippen molar-refractivity contribution in [2.24, 2.45) is 5.92 Å². The summed E-state index contributed by atoms with van der Waals surface area (Å²) in [6.07, 6.45) is 3.26. The Kier molecular flexibility index (Phi) is 5.15. The van der Waals surface area contributed by atoms with Gasteiger partial charge in [-0.3, -0.25) is 4.79 Å². The standard InChI is InChI=1S/C23H24N2O3/c1-15-7-9-20-18(11-15)19-12-17(8-10-21(19)25-20)23(27)28-14-22(26)24-13-16-5-3-2-4-6-16/h2-6,8,10,12,15,25H,7,9,11,13-14H2,1H3,(H,24,26)/t15-/m1/s1. The van der Waals surface area contributed by atoms with Crippen LogP contribution in [0.4, 0.5) is 0 Å². The predicted octanol–water partition coefficient (Wildman–Crippen LogP) is 3.77. The van der Waals surface area contributed by atoms with Crippen LogP contribution in [-0.4, -0.2) is 23.5 Å². The van der Waals surface area contributed by atoms with Crippen molar-refractivity contribution in [1.82, 2.24) is 10.3 Å². The molecule has 1 aromatic heterocycles. The molecule has 2 N–H and O–H groups in total. The molecule has 2 aromatic carbocycles. The van der Waals surface area contributed by atoms with E-state index in [0.717, 1.165) is 29.3 Å². The van der Waals surface area contributed by atoms with E-state index >= 15 is 0 Å². The summed E-state index contributed by atoms with van der Waals surface area (Å²) in [6.45, 7) is 2.39. The molecule has 0 radical (unpaired) electrons. The molecule has 0 fully saturated rings. The maximum absolute atomic E-state index is 12.4. The van der Waals surface area contributed by atoms with Gasteiger partial charge in [-0.2, -0.15) is 0 Å². The molecular formula is C23H24N2O3. The highest BCUT2D eigenvalue weighted by Crippen LogP contribution is 2.32. The summed E-state index contributed by atoms with van der Waals surface area (Å²) in [5.74, 6) is -0.142. The van der Waals surface area contributed by atoms with Gasteiger partial charge in [0, 0.05) is 23.1 Å². The monoisotopic (exact) mass is 376 g/mol. The van der Waals surface area contributed by atoms with E-state index in [4.69, 9.17) is 4.74 Å². The molecule has 0 saturated heterocycles. The molecule has 144 valence electrons. The van der Waals surface area contributed by atoms with Crippen LogP contribution >= 0.6 is 0 Å². The number of ether oxygens (including phenoxy) is 1. The fourth-order valence-electron chi connectivity index (χ4n) is 3.78. The van der Waals surface area contributed by atoms with Gasteiger partial charge in [0.05, 0.1) is 5.56 Å². The van der Waals surface area contributed by atoms with Gasteiger partial charge in [0.2, 0.25) is 0 Å². The number of nitrogens with one attached hydrogen (secondary N) is 2. The van der Waals surface area contributed by atoms with Crippen LogP contribution in [0.2, 0.25) is 0 Å². The van der Waals surface area contributed by atoms with Gasteiger partial charge in [-0.15, -0.1) is 0 Å². The van der Waals surface area contributed by atoms with Crippen molar-refractivity contribution in [3.63, 3.8) is 0 Å². The number of aromatic nitrogens is 1. The van der Waals surface area contributed by atoms with Gasteiger partial charge in [-0.25, -0.2) is 4.79 Å². The van der Waals surface area contributed by atoms with Gasteiger partial charge < -0.3 is 15.0 Å². The minimum atomic E-state index is -0.476. The fourth-order valence-corrected chi connectivity index (χ4v) is 3.78. The number of benzene rings is 2. The predicted molar refractivity (Wildman–Crippen MR) is 108 cm³/mol. The molecular weight excluding hydrogens is 352 g/mol. The molecule has 4 rings (SSSR count). The number of carbonyl (C=O) groups is 2. The molecule has 1 amide bonds. The largest absolute Gasteiger partial charge is 0.452 e. The second kappa shape index (κ2) is 7.89. The van der Waals surface area contributed by atoms with E-state index < -0.39 is 5.97 Å². The summed E-state index contributed by atoms with van der Waals surface area (Å²) in [6, 6.07) is 15.2. The molecule has 0 unspecified atom stereocenters. The summed E-state index contributed by atoms with van der Waals surface area (Å²) >= 11 is 0. The van der Waals surface area contributed by atoms with Gasteiger partial charge in [0.1, 0.15) is 0 Å². The third-order valence-electron chi connectivity index (χ3n) is 5.34. The van der Waals surface area contributed by atoms with E-state index in [0.29, 0.717) is 18.0 Å². The average Bonchev–Trinajstić information content (AvgIpc) is 3.08. The topological polar surface area (TPSA) is 71.2 Å². The van der Waals surface area contributed by atoms with Gasteiger partial charge in [0.15, 0.2) is 6.61 Å². The Morgan fingerprint density at radius 2 is 2.00 bits per heavy atom. The number of hydrogen-bond acceptors (Lipinski definition) is 3. The number of rotatable bonds is 5. The number of esters is 1. The number of fused-ring (bicyclic) bond motifs is 3. The van der Waals surface area contributed by atoms with E-state index in [1.54, 1.807) is 6.07 Å². The Hall–Kier alpha value is -3.08. The van der Waals surface area contributed by atoms with Crippen molar-refractivity contribution in [2.45, 2.75) is 32.7 Å². The number of amides is 1. The van der Waals surface area contributed by atoms with E-state index in [9.17, 15) is 9.59 Å². The van der Waals surface area contributed by atoms with Crippen molar-refractivity contribution >= 4 is 22.8 Å². The molecule has 1 aliphatic rings. The number of aryl methyl sites for hydroxylation is 1. The third kappa shape index (κ3) is 3.93. The van der Waals surface area contributed by atoms with Crippen molar-refractivity contribution in [1.29, 1.82) is 0 Å². The van der Waals surface area contributed by atoms with E-state index in [1.807, 2.05) is 42.5 Å². The zero-order valence-electron chi connectivity index (χ0n) is 16.0. The first-order valence-corrected chi connectivity index (χ1v) is 9.71. The van der Waals surface area contributed by atoms with Crippen LogP contribution in [0.15, 0.2) is 48.5 Å². The van der Waals surface area contributed by atoms with Crippen molar-refractivity contribution in [3.8, 4) is 0 Å². The van der Waals surface area contributed by atoms with Crippen molar-refractivity contribution in [2.75, 3.05) is 6.61 Å². The molecule has 1 atom stereocenters. The average molecular weight is 376 g/mol. The highest BCUT2D eigenvalue weighted by atomic mass is 16.5. The molecule has 5 heteroatoms. The smallest absolute Gasteiger partial charge is 0.338 e.